The lowest BCUT2D eigenvalue weighted by Crippen LogP contribution is -2.49. The summed E-state index contributed by atoms with van der Waals surface area (Å²) in [5.41, 5.74) is 5.89. The van der Waals surface area contributed by atoms with Crippen LogP contribution in [-0.2, 0) is 4.79 Å². The molecule has 0 aromatic heterocycles. The minimum Gasteiger partial charge on any atom is -0.337 e. The van der Waals surface area contributed by atoms with Crippen LogP contribution in [0.1, 0.15) is 52.4 Å². The molecule has 1 aliphatic heterocycles. The average molecular weight is 261 g/mol. The predicted molar refractivity (Wildman–Crippen MR) is 72.2 cm³/mol. The van der Waals surface area contributed by atoms with Gasteiger partial charge in [-0.25, -0.2) is 0 Å². The Kier molecular flexibility index (Phi) is 5.26. The van der Waals surface area contributed by atoms with Crippen molar-refractivity contribution in [1.82, 2.24) is 4.90 Å². The van der Waals surface area contributed by atoms with Gasteiger partial charge in [0.15, 0.2) is 0 Å². The molecule has 0 bridgehead atoms. The maximum absolute atomic E-state index is 12.4. The van der Waals surface area contributed by atoms with Gasteiger partial charge in [0.25, 0.3) is 0 Å². The zero-order valence-corrected chi connectivity index (χ0v) is 11.7. The van der Waals surface area contributed by atoms with Crippen molar-refractivity contribution in [3.63, 3.8) is 0 Å². The van der Waals surface area contributed by atoms with Gasteiger partial charge in [-0.05, 0) is 52.4 Å². The second-order valence-electron chi connectivity index (χ2n) is 5.64. The van der Waals surface area contributed by atoms with Gasteiger partial charge in [0.2, 0.25) is 5.91 Å². The van der Waals surface area contributed by atoms with Crippen LogP contribution in [0.5, 0.6) is 0 Å². The molecule has 1 heterocycles. The molecular formula is C13H25ClN2O. The van der Waals surface area contributed by atoms with E-state index in [1.165, 1.54) is 6.42 Å². The quantitative estimate of drug-likeness (QED) is 0.787. The molecule has 4 atom stereocenters. The summed E-state index contributed by atoms with van der Waals surface area (Å²) in [6.45, 7) is 4.37. The first kappa shape index (κ1) is 14.8. The van der Waals surface area contributed by atoms with Crippen LogP contribution in [0.25, 0.3) is 0 Å². The minimum atomic E-state index is 0. The van der Waals surface area contributed by atoms with Crippen LogP contribution < -0.4 is 5.73 Å². The molecule has 2 fully saturated rings. The first-order chi connectivity index (χ1) is 7.59. The number of carbonyl (C=O) groups is 1. The van der Waals surface area contributed by atoms with Crippen molar-refractivity contribution in [2.24, 2.45) is 11.7 Å². The minimum absolute atomic E-state index is 0. The number of hydrogen-bond acceptors (Lipinski definition) is 2. The third-order valence-electron chi connectivity index (χ3n) is 4.27. The van der Waals surface area contributed by atoms with Crippen molar-refractivity contribution in [3.05, 3.63) is 0 Å². The van der Waals surface area contributed by atoms with Crippen LogP contribution in [0.2, 0.25) is 0 Å². The van der Waals surface area contributed by atoms with Crippen molar-refractivity contribution in [2.75, 3.05) is 0 Å². The molecule has 17 heavy (non-hydrogen) atoms. The molecule has 2 aliphatic rings. The van der Waals surface area contributed by atoms with E-state index in [1.807, 2.05) is 0 Å². The van der Waals surface area contributed by atoms with Crippen LogP contribution in [0, 0.1) is 5.92 Å². The highest BCUT2D eigenvalue weighted by molar-refractivity contribution is 5.85. The number of nitrogens with two attached hydrogens (primary N) is 1. The molecule has 1 saturated carbocycles. The lowest BCUT2D eigenvalue weighted by molar-refractivity contribution is -0.141. The van der Waals surface area contributed by atoms with E-state index in [0.717, 1.165) is 32.1 Å². The van der Waals surface area contributed by atoms with E-state index >= 15 is 0 Å². The van der Waals surface area contributed by atoms with Crippen molar-refractivity contribution >= 4 is 18.3 Å². The number of nitrogens with zero attached hydrogens (tertiary/aromatic N) is 1. The van der Waals surface area contributed by atoms with Gasteiger partial charge in [-0.1, -0.05) is 0 Å². The highest BCUT2D eigenvalue weighted by atomic mass is 35.5. The molecule has 3 nitrogen and oxygen atoms in total. The number of amides is 1. The predicted octanol–water partition coefficient (Wildman–Crippen LogP) is 2.33. The molecule has 2 N–H and O–H groups in total. The third-order valence-corrected chi connectivity index (χ3v) is 4.27. The molecule has 1 saturated heterocycles. The van der Waals surface area contributed by atoms with Gasteiger partial charge < -0.3 is 10.6 Å². The van der Waals surface area contributed by atoms with E-state index < -0.39 is 0 Å². The normalized spacial score (nSPS) is 37.7. The topological polar surface area (TPSA) is 46.3 Å². The first-order valence-corrected chi connectivity index (χ1v) is 6.67. The monoisotopic (exact) mass is 260 g/mol. The van der Waals surface area contributed by atoms with Crippen LogP contribution in [0.3, 0.4) is 0 Å². The fourth-order valence-electron chi connectivity index (χ4n) is 3.31. The Hall–Kier alpha value is -0.280. The molecule has 4 unspecified atom stereocenters. The van der Waals surface area contributed by atoms with E-state index in [1.54, 1.807) is 0 Å². The number of piperidine rings is 1. The highest BCUT2D eigenvalue weighted by Gasteiger charge is 2.36. The van der Waals surface area contributed by atoms with Gasteiger partial charge >= 0.3 is 0 Å². The number of rotatable bonds is 1. The number of hydrogen-bond donors (Lipinski definition) is 1. The Morgan fingerprint density at radius 3 is 2.18 bits per heavy atom. The van der Waals surface area contributed by atoms with Gasteiger partial charge in [-0.3, -0.25) is 4.79 Å². The van der Waals surface area contributed by atoms with Crippen molar-refractivity contribution in [2.45, 2.75) is 70.5 Å². The molecule has 2 rings (SSSR count). The maximum atomic E-state index is 12.4. The molecule has 0 aromatic carbocycles. The fraction of sp³-hybridized carbons (Fsp3) is 0.923. The average Bonchev–Trinajstić information content (AvgIpc) is 2.64. The summed E-state index contributed by atoms with van der Waals surface area (Å²) in [7, 11) is 0. The standard InChI is InChI=1S/C13H24N2O.ClH/c1-9-4-3-5-10(2)15(9)13(16)11-6-7-12(14)8-11;/h9-12H,3-8,14H2,1-2H3;1H. The molecule has 0 radical (unpaired) electrons. The summed E-state index contributed by atoms with van der Waals surface area (Å²) >= 11 is 0. The van der Waals surface area contributed by atoms with E-state index in [-0.39, 0.29) is 24.4 Å². The van der Waals surface area contributed by atoms with Crippen molar-refractivity contribution < 1.29 is 4.79 Å². The zero-order chi connectivity index (χ0) is 11.7. The van der Waals surface area contributed by atoms with Crippen LogP contribution >= 0.6 is 12.4 Å². The van der Waals surface area contributed by atoms with Gasteiger partial charge in [-0.2, -0.15) is 0 Å². The van der Waals surface area contributed by atoms with E-state index in [2.05, 4.69) is 18.7 Å². The lowest BCUT2D eigenvalue weighted by Gasteiger charge is -2.40. The second-order valence-corrected chi connectivity index (χ2v) is 5.64. The lowest BCUT2D eigenvalue weighted by atomic mass is 9.94. The van der Waals surface area contributed by atoms with E-state index in [0.29, 0.717) is 18.0 Å². The van der Waals surface area contributed by atoms with Crippen LogP contribution in [-0.4, -0.2) is 28.9 Å². The maximum Gasteiger partial charge on any atom is 0.226 e. The van der Waals surface area contributed by atoms with Crippen molar-refractivity contribution in [3.8, 4) is 0 Å². The van der Waals surface area contributed by atoms with E-state index in [9.17, 15) is 4.79 Å². The Bertz CT molecular complexity index is 262. The zero-order valence-electron chi connectivity index (χ0n) is 10.9. The summed E-state index contributed by atoms with van der Waals surface area (Å²) in [5, 5.41) is 0. The van der Waals surface area contributed by atoms with Gasteiger partial charge in [-0.15, -0.1) is 12.4 Å². The smallest absolute Gasteiger partial charge is 0.226 e. The largest absolute Gasteiger partial charge is 0.337 e. The summed E-state index contributed by atoms with van der Waals surface area (Å²) in [5.74, 6) is 0.575. The summed E-state index contributed by atoms with van der Waals surface area (Å²) in [6.07, 6.45) is 6.50. The summed E-state index contributed by atoms with van der Waals surface area (Å²) in [4.78, 5) is 14.6. The van der Waals surface area contributed by atoms with Crippen LogP contribution in [0.15, 0.2) is 0 Å². The summed E-state index contributed by atoms with van der Waals surface area (Å²) in [6, 6.07) is 1.10. The van der Waals surface area contributed by atoms with Crippen LogP contribution in [0.4, 0.5) is 0 Å². The highest BCUT2D eigenvalue weighted by Crippen LogP contribution is 2.30. The summed E-state index contributed by atoms with van der Waals surface area (Å²) < 4.78 is 0. The molecule has 4 heteroatoms. The third kappa shape index (κ3) is 3.14. The first-order valence-electron chi connectivity index (χ1n) is 6.67. The molecule has 100 valence electrons. The molecular weight excluding hydrogens is 236 g/mol. The Labute approximate surface area is 111 Å². The molecule has 1 aliphatic carbocycles. The number of carbonyl (C=O) groups excluding carboxylic acids is 1. The second kappa shape index (κ2) is 6.05. The van der Waals surface area contributed by atoms with E-state index in [4.69, 9.17) is 5.73 Å². The van der Waals surface area contributed by atoms with Crippen molar-refractivity contribution in [1.29, 1.82) is 0 Å². The Morgan fingerprint density at radius 2 is 1.71 bits per heavy atom. The van der Waals surface area contributed by atoms with Gasteiger partial charge in [0.1, 0.15) is 0 Å². The number of halogens is 1. The fourth-order valence-corrected chi connectivity index (χ4v) is 3.31. The number of likely N-dealkylation sites (tertiary alicyclic amines) is 1. The molecule has 0 aromatic rings. The SMILES string of the molecule is CC1CCCC(C)N1C(=O)C1CCC(N)C1.Cl. The molecule has 0 spiro atoms. The van der Waals surface area contributed by atoms with Gasteiger partial charge in [0.05, 0.1) is 0 Å². The Morgan fingerprint density at radius 1 is 1.12 bits per heavy atom. The Balaban J connectivity index is 0.00000144. The van der Waals surface area contributed by atoms with Gasteiger partial charge in [0, 0.05) is 24.0 Å². The molecule has 1 amide bonds.